The SMILES string of the molecule is CCOc1cc(-c2ccc(F)cc2)nc2ccc(NC(=O)NCc3cccc(F)c3)cc12. The van der Waals surface area contributed by atoms with Gasteiger partial charge in [0.05, 0.1) is 17.8 Å². The van der Waals surface area contributed by atoms with Gasteiger partial charge >= 0.3 is 6.03 Å². The second-order valence-electron chi connectivity index (χ2n) is 7.12. The number of fused-ring (bicyclic) bond motifs is 1. The van der Waals surface area contributed by atoms with Crippen LogP contribution in [0.2, 0.25) is 0 Å². The Morgan fingerprint density at radius 1 is 0.969 bits per heavy atom. The third kappa shape index (κ3) is 5.00. The molecule has 3 aromatic carbocycles. The third-order valence-electron chi connectivity index (χ3n) is 4.81. The molecule has 2 N–H and O–H groups in total. The van der Waals surface area contributed by atoms with E-state index in [0.29, 0.717) is 34.8 Å². The first-order valence-corrected chi connectivity index (χ1v) is 10.1. The number of rotatable bonds is 6. The van der Waals surface area contributed by atoms with Crippen molar-refractivity contribution in [3.05, 3.63) is 90.0 Å². The molecule has 1 aromatic heterocycles. The summed E-state index contributed by atoms with van der Waals surface area (Å²) in [6.45, 7) is 2.53. The largest absolute Gasteiger partial charge is 0.493 e. The van der Waals surface area contributed by atoms with Crippen LogP contribution in [-0.4, -0.2) is 17.6 Å². The lowest BCUT2D eigenvalue weighted by atomic mass is 10.1. The molecule has 0 radical (unpaired) electrons. The van der Waals surface area contributed by atoms with Crippen LogP contribution in [0.3, 0.4) is 0 Å². The van der Waals surface area contributed by atoms with E-state index >= 15 is 0 Å². The average Bonchev–Trinajstić information content (AvgIpc) is 2.78. The van der Waals surface area contributed by atoms with Crippen LogP contribution in [0.25, 0.3) is 22.2 Å². The number of nitrogens with zero attached hydrogens (tertiary/aromatic N) is 1. The minimum absolute atomic E-state index is 0.198. The quantitative estimate of drug-likeness (QED) is 0.398. The standard InChI is InChI=1S/C25H21F2N3O2/c1-2-32-24-14-23(17-6-8-18(26)9-7-17)30-22-11-10-20(13-21(22)24)29-25(31)28-15-16-4-3-5-19(27)12-16/h3-14H,2,15H2,1H3,(H2,28,29,31). The zero-order valence-corrected chi connectivity index (χ0v) is 17.4. The first kappa shape index (κ1) is 21.2. The van der Waals surface area contributed by atoms with Crippen LogP contribution < -0.4 is 15.4 Å². The molecule has 32 heavy (non-hydrogen) atoms. The molecular formula is C25H21F2N3O2. The minimum atomic E-state index is -0.414. The number of benzene rings is 3. The van der Waals surface area contributed by atoms with Crippen LogP contribution in [0.15, 0.2) is 72.8 Å². The average molecular weight is 433 g/mol. The van der Waals surface area contributed by atoms with E-state index in [9.17, 15) is 13.6 Å². The number of halogens is 2. The van der Waals surface area contributed by atoms with Gasteiger partial charge in [0.25, 0.3) is 0 Å². The Bertz CT molecular complexity index is 1260. The molecule has 7 heteroatoms. The van der Waals surface area contributed by atoms with E-state index in [-0.39, 0.29) is 18.2 Å². The van der Waals surface area contributed by atoms with Crippen LogP contribution in [0.5, 0.6) is 5.75 Å². The van der Waals surface area contributed by atoms with Crippen molar-refractivity contribution in [2.75, 3.05) is 11.9 Å². The van der Waals surface area contributed by atoms with Crippen molar-refractivity contribution in [1.29, 1.82) is 0 Å². The molecule has 1 heterocycles. The number of urea groups is 1. The summed E-state index contributed by atoms with van der Waals surface area (Å²) in [7, 11) is 0. The highest BCUT2D eigenvalue weighted by atomic mass is 19.1. The fraction of sp³-hybridized carbons (Fsp3) is 0.120. The van der Waals surface area contributed by atoms with E-state index in [2.05, 4.69) is 15.6 Å². The summed E-state index contributed by atoms with van der Waals surface area (Å²) < 4.78 is 32.4. The molecule has 4 aromatic rings. The van der Waals surface area contributed by atoms with Gasteiger partial charge in [-0.1, -0.05) is 12.1 Å². The summed E-state index contributed by atoms with van der Waals surface area (Å²) in [6, 6.07) is 18.8. The Morgan fingerprint density at radius 2 is 1.78 bits per heavy atom. The number of nitrogens with one attached hydrogen (secondary N) is 2. The maximum Gasteiger partial charge on any atom is 0.319 e. The Labute approximate surface area is 184 Å². The van der Waals surface area contributed by atoms with Crippen LogP contribution in [0, 0.1) is 11.6 Å². The molecule has 0 aliphatic heterocycles. The van der Waals surface area contributed by atoms with Gasteiger partial charge in [0.1, 0.15) is 17.4 Å². The molecule has 0 aliphatic rings. The van der Waals surface area contributed by atoms with E-state index in [0.717, 1.165) is 10.9 Å². The third-order valence-corrected chi connectivity index (χ3v) is 4.81. The van der Waals surface area contributed by atoms with E-state index in [4.69, 9.17) is 4.74 Å². The molecule has 0 fully saturated rings. The minimum Gasteiger partial charge on any atom is -0.493 e. The summed E-state index contributed by atoms with van der Waals surface area (Å²) in [5.74, 6) is -0.0539. The molecule has 162 valence electrons. The fourth-order valence-electron chi connectivity index (χ4n) is 3.32. The highest BCUT2D eigenvalue weighted by molar-refractivity contribution is 5.95. The summed E-state index contributed by atoms with van der Waals surface area (Å²) in [5, 5.41) is 6.21. The van der Waals surface area contributed by atoms with Crippen LogP contribution in [0.1, 0.15) is 12.5 Å². The summed E-state index contributed by atoms with van der Waals surface area (Å²) in [4.78, 5) is 16.9. The molecule has 0 saturated heterocycles. The molecule has 0 saturated carbocycles. The predicted molar refractivity (Wildman–Crippen MR) is 121 cm³/mol. The summed E-state index contributed by atoms with van der Waals surface area (Å²) >= 11 is 0. The second kappa shape index (κ2) is 9.43. The van der Waals surface area contributed by atoms with Crippen molar-refractivity contribution in [1.82, 2.24) is 10.3 Å². The lowest BCUT2D eigenvalue weighted by Crippen LogP contribution is -2.28. The highest BCUT2D eigenvalue weighted by Crippen LogP contribution is 2.32. The van der Waals surface area contributed by atoms with Crippen LogP contribution in [0.4, 0.5) is 19.3 Å². The van der Waals surface area contributed by atoms with Gasteiger partial charge in [0.2, 0.25) is 0 Å². The molecular weight excluding hydrogens is 412 g/mol. The maximum absolute atomic E-state index is 13.3. The Morgan fingerprint density at radius 3 is 2.53 bits per heavy atom. The molecule has 2 amide bonds. The van der Waals surface area contributed by atoms with E-state index < -0.39 is 6.03 Å². The van der Waals surface area contributed by atoms with Gasteiger partial charge in [-0.25, -0.2) is 18.6 Å². The first-order chi connectivity index (χ1) is 15.5. The van der Waals surface area contributed by atoms with E-state index in [1.54, 1.807) is 48.5 Å². The van der Waals surface area contributed by atoms with Crippen molar-refractivity contribution < 1.29 is 18.3 Å². The number of carbonyl (C=O) groups excluding carboxylic acids is 1. The van der Waals surface area contributed by atoms with Gasteiger partial charge in [-0.3, -0.25) is 0 Å². The van der Waals surface area contributed by atoms with Gasteiger partial charge in [0.15, 0.2) is 0 Å². The monoisotopic (exact) mass is 433 g/mol. The lowest BCUT2D eigenvalue weighted by Gasteiger charge is -2.13. The Kier molecular flexibility index (Phi) is 6.26. The number of ether oxygens (including phenoxy) is 1. The Balaban J connectivity index is 1.55. The number of aromatic nitrogens is 1. The summed E-state index contributed by atoms with van der Waals surface area (Å²) in [5.41, 5.74) is 3.34. The van der Waals surface area contributed by atoms with Crippen molar-refractivity contribution in [3.8, 4) is 17.0 Å². The Hall–Kier alpha value is -4.00. The normalized spacial score (nSPS) is 10.7. The van der Waals surface area contributed by atoms with Crippen LogP contribution in [-0.2, 0) is 6.54 Å². The molecule has 0 bridgehead atoms. The fourth-order valence-corrected chi connectivity index (χ4v) is 3.32. The van der Waals surface area contributed by atoms with Crippen molar-refractivity contribution in [2.45, 2.75) is 13.5 Å². The summed E-state index contributed by atoms with van der Waals surface area (Å²) in [6.07, 6.45) is 0. The number of amides is 2. The molecule has 0 unspecified atom stereocenters. The molecule has 5 nitrogen and oxygen atoms in total. The van der Waals surface area contributed by atoms with Gasteiger partial charge in [-0.15, -0.1) is 0 Å². The van der Waals surface area contributed by atoms with Crippen molar-refractivity contribution in [2.24, 2.45) is 0 Å². The van der Waals surface area contributed by atoms with Crippen molar-refractivity contribution >= 4 is 22.6 Å². The first-order valence-electron chi connectivity index (χ1n) is 10.1. The number of hydrogen-bond acceptors (Lipinski definition) is 3. The van der Waals surface area contributed by atoms with Gasteiger partial charge in [-0.2, -0.15) is 0 Å². The number of carbonyl (C=O) groups is 1. The molecule has 0 aliphatic carbocycles. The van der Waals surface area contributed by atoms with Crippen LogP contribution >= 0.6 is 0 Å². The molecule has 4 rings (SSSR count). The molecule has 0 spiro atoms. The highest BCUT2D eigenvalue weighted by Gasteiger charge is 2.11. The zero-order chi connectivity index (χ0) is 22.5. The number of hydrogen-bond donors (Lipinski definition) is 2. The molecule has 0 atom stereocenters. The number of anilines is 1. The smallest absolute Gasteiger partial charge is 0.319 e. The predicted octanol–water partition coefficient (Wildman–Crippen LogP) is 5.90. The topological polar surface area (TPSA) is 63.2 Å². The van der Waals surface area contributed by atoms with Gasteiger partial charge in [-0.05, 0) is 67.1 Å². The lowest BCUT2D eigenvalue weighted by molar-refractivity contribution is 0.251. The van der Waals surface area contributed by atoms with Gasteiger partial charge < -0.3 is 15.4 Å². The maximum atomic E-state index is 13.3. The van der Waals surface area contributed by atoms with E-state index in [1.807, 2.05) is 6.92 Å². The zero-order valence-electron chi connectivity index (χ0n) is 17.4. The van der Waals surface area contributed by atoms with Gasteiger partial charge in [0, 0.05) is 29.2 Å². The second-order valence-corrected chi connectivity index (χ2v) is 7.12. The number of pyridine rings is 1. The van der Waals surface area contributed by atoms with E-state index in [1.165, 1.54) is 24.3 Å². The van der Waals surface area contributed by atoms with Crippen molar-refractivity contribution in [3.63, 3.8) is 0 Å².